The summed E-state index contributed by atoms with van der Waals surface area (Å²) in [4.78, 5) is 104. The Morgan fingerprint density at radius 3 is 1.64 bits per heavy atom. The average molecular weight is 949 g/mol. The zero-order chi connectivity index (χ0) is 49.3. The van der Waals surface area contributed by atoms with Gasteiger partial charge >= 0.3 is 0 Å². The number of aliphatic imine (C=N–C) groups is 2. The number of carbonyl (C=O) groups is 7. The number of primary amides is 1. The fourth-order valence-corrected chi connectivity index (χ4v) is 7.39. The van der Waals surface area contributed by atoms with Crippen molar-refractivity contribution in [1.82, 2.24) is 37.2 Å². The maximum absolute atomic E-state index is 14.3. The first kappa shape index (κ1) is 56.4. The Morgan fingerprint density at radius 1 is 0.682 bits per heavy atom. The quantitative estimate of drug-likeness (QED) is 0.0225. The normalized spacial score (nSPS) is 16.1. The Morgan fingerprint density at radius 2 is 1.18 bits per heavy atom. The van der Waals surface area contributed by atoms with Gasteiger partial charge in [0.2, 0.25) is 41.4 Å². The standard InChI is InChI=1S/C43H74ClN15O7/c1-24(2)21-33(40(65)57-32(35(46)60)23-26-11-7-12-27(44)22-26)58-39(64)31(16-10-20-53-43(49)50)55-38(63)30(15-9-19-52-42(47)48)54-37(62)29(13-5-6-17-45)56-41(66)34(25(3)4)59-36(61)28-14-8-18-51-28/h7,11-12,22,24-25,28-34,51H,5-6,8-10,13-21,23,45H2,1-4H3,(H2,46,60)(H,54,62)(H,55,63)(H,56,66)(H,57,65)(H,58,64)(H,59,61)(H4,47,48,52)(H4,49,50,53)/t28-,29-,30-,31-,32-,33-,34-/m0/s1. The largest absolute Gasteiger partial charge is 0.370 e. The second kappa shape index (κ2) is 29.7. The first-order valence-corrected chi connectivity index (χ1v) is 23.0. The van der Waals surface area contributed by atoms with Crippen LogP contribution in [0.15, 0.2) is 34.3 Å². The van der Waals surface area contributed by atoms with Crippen molar-refractivity contribution >= 4 is 64.9 Å². The van der Waals surface area contributed by atoms with Crippen LogP contribution in [0.4, 0.5) is 0 Å². The van der Waals surface area contributed by atoms with Crippen LogP contribution in [0, 0.1) is 11.8 Å². The van der Waals surface area contributed by atoms with Gasteiger partial charge in [-0.3, -0.25) is 43.5 Å². The molecule has 0 unspecified atom stereocenters. The molecule has 0 aliphatic carbocycles. The first-order valence-electron chi connectivity index (χ1n) is 22.6. The molecule has 370 valence electrons. The highest BCUT2D eigenvalue weighted by Gasteiger charge is 2.35. The molecule has 7 amide bonds. The monoisotopic (exact) mass is 948 g/mol. The molecule has 0 aromatic heterocycles. The van der Waals surface area contributed by atoms with Gasteiger partial charge in [-0.1, -0.05) is 51.4 Å². The van der Waals surface area contributed by atoms with Crippen molar-refractivity contribution in [2.75, 3.05) is 26.2 Å². The van der Waals surface area contributed by atoms with E-state index in [1.807, 2.05) is 13.8 Å². The molecule has 23 heteroatoms. The third-order valence-electron chi connectivity index (χ3n) is 10.7. The Balaban J connectivity index is 2.42. The average Bonchev–Trinajstić information content (AvgIpc) is 3.79. The third kappa shape index (κ3) is 21.5. The van der Waals surface area contributed by atoms with Crippen LogP contribution in [-0.2, 0) is 40.0 Å². The van der Waals surface area contributed by atoms with E-state index in [0.717, 1.165) is 6.42 Å². The predicted molar refractivity (Wildman–Crippen MR) is 254 cm³/mol. The van der Waals surface area contributed by atoms with E-state index < -0.39 is 77.7 Å². The lowest BCUT2D eigenvalue weighted by Gasteiger charge is -2.28. The molecular formula is C43H74ClN15O7. The number of guanidine groups is 2. The number of halogens is 1. The minimum atomic E-state index is -1.28. The zero-order valence-corrected chi connectivity index (χ0v) is 39.5. The van der Waals surface area contributed by atoms with Gasteiger partial charge in [-0.25, -0.2) is 0 Å². The van der Waals surface area contributed by atoms with E-state index >= 15 is 0 Å². The topological polar surface area (TPSA) is 385 Å². The van der Waals surface area contributed by atoms with E-state index in [9.17, 15) is 33.6 Å². The van der Waals surface area contributed by atoms with Crippen molar-refractivity contribution in [2.24, 2.45) is 56.2 Å². The number of benzene rings is 1. The summed E-state index contributed by atoms with van der Waals surface area (Å²) in [5.74, 6) is -5.41. The molecule has 22 nitrogen and oxygen atoms in total. The first-order chi connectivity index (χ1) is 31.2. The van der Waals surface area contributed by atoms with Crippen LogP contribution < -0.4 is 71.6 Å². The van der Waals surface area contributed by atoms with Crippen molar-refractivity contribution in [2.45, 2.75) is 141 Å². The van der Waals surface area contributed by atoms with Crippen molar-refractivity contribution in [1.29, 1.82) is 0 Å². The van der Waals surface area contributed by atoms with Crippen molar-refractivity contribution < 1.29 is 33.6 Å². The van der Waals surface area contributed by atoms with Gasteiger partial charge in [0.1, 0.15) is 36.3 Å². The molecule has 1 saturated heterocycles. The molecule has 1 fully saturated rings. The number of rotatable bonds is 30. The Bertz CT molecular complexity index is 1820. The summed E-state index contributed by atoms with van der Waals surface area (Å²) in [6, 6.07) is -0.688. The highest BCUT2D eigenvalue weighted by molar-refractivity contribution is 6.30. The van der Waals surface area contributed by atoms with Gasteiger partial charge in [-0.2, -0.15) is 0 Å². The van der Waals surface area contributed by atoms with E-state index in [0.29, 0.717) is 42.9 Å². The number of nitrogens with one attached hydrogen (secondary N) is 7. The summed E-state index contributed by atoms with van der Waals surface area (Å²) < 4.78 is 0. The van der Waals surface area contributed by atoms with Crippen LogP contribution >= 0.6 is 11.6 Å². The van der Waals surface area contributed by atoms with Crippen LogP contribution in [0.25, 0.3) is 0 Å². The second-order valence-electron chi connectivity index (χ2n) is 17.2. The smallest absolute Gasteiger partial charge is 0.243 e. The van der Waals surface area contributed by atoms with Crippen LogP contribution in [0.5, 0.6) is 0 Å². The molecule has 0 saturated carbocycles. The minimum Gasteiger partial charge on any atom is -0.370 e. The van der Waals surface area contributed by atoms with Crippen molar-refractivity contribution in [3.8, 4) is 0 Å². The van der Waals surface area contributed by atoms with Gasteiger partial charge in [0, 0.05) is 24.5 Å². The van der Waals surface area contributed by atoms with Gasteiger partial charge < -0.3 is 71.6 Å². The molecule has 19 N–H and O–H groups in total. The number of hydrogen-bond donors (Lipinski definition) is 13. The van der Waals surface area contributed by atoms with E-state index in [1.54, 1.807) is 38.1 Å². The summed E-state index contributed by atoms with van der Waals surface area (Å²) in [5.41, 5.74) is 34.2. The van der Waals surface area contributed by atoms with E-state index in [4.69, 9.17) is 46.0 Å². The summed E-state index contributed by atoms with van der Waals surface area (Å²) in [6.07, 6.45) is 3.20. The number of nitrogens with zero attached hydrogens (tertiary/aromatic N) is 2. The number of amides is 7. The molecule has 1 aromatic rings. The SMILES string of the molecule is CC(C)C[C@H](NC(=O)[C@H](CCCN=C(N)N)NC(=O)[C@H](CCCN=C(N)N)NC(=O)[C@H](CCCCN)NC(=O)[C@@H](NC(=O)[C@@H]1CCCN1)C(C)C)C(=O)N[C@@H](Cc1cccc(Cl)c1)C(N)=O. The van der Waals surface area contributed by atoms with Crippen molar-refractivity contribution in [3.05, 3.63) is 34.9 Å². The summed E-state index contributed by atoms with van der Waals surface area (Å²) in [7, 11) is 0. The fraction of sp³-hybridized carbons (Fsp3) is 0.651. The van der Waals surface area contributed by atoms with Gasteiger partial charge in [-0.05, 0) is 107 Å². The molecule has 66 heavy (non-hydrogen) atoms. The predicted octanol–water partition coefficient (Wildman–Crippen LogP) is -2.03. The maximum Gasteiger partial charge on any atom is 0.243 e. The Hall–Kier alpha value is -5.74. The van der Waals surface area contributed by atoms with Gasteiger partial charge in [-0.15, -0.1) is 0 Å². The van der Waals surface area contributed by atoms with Crippen molar-refractivity contribution in [3.63, 3.8) is 0 Å². The maximum atomic E-state index is 14.3. The molecule has 0 bridgehead atoms. The van der Waals surface area contributed by atoms with E-state index in [2.05, 4.69) is 47.2 Å². The number of carbonyl (C=O) groups excluding carboxylic acids is 7. The molecular weight excluding hydrogens is 874 g/mol. The summed E-state index contributed by atoms with van der Waals surface area (Å²) in [5, 5.41) is 20.0. The summed E-state index contributed by atoms with van der Waals surface area (Å²) >= 11 is 6.13. The molecule has 1 aromatic carbocycles. The Labute approximate surface area is 392 Å². The fourth-order valence-electron chi connectivity index (χ4n) is 7.18. The van der Waals surface area contributed by atoms with Crippen LogP contribution in [-0.4, -0.2) is 122 Å². The zero-order valence-electron chi connectivity index (χ0n) is 38.7. The highest BCUT2D eigenvalue weighted by Crippen LogP contribution is 2.15. The highest BCUT2D eigenvalue weighted by atomic mass is 35.5. The van der Waals surface area contributed by atoms with Gasteiger partial charge in [0.25, 0.3) is 0 Å². The lowest BCUT2D eigenvalue weighted by atomic mass is 10.00. The molecule has 1 aliphatic heterocycles. The van der Waals surface area contributed by atoms with Crippen LogP contribution in [0.1, 0.15) is 97.5 Å². The second-order valence-corrected chi connectivity index (χ2v) is 17.7. The lowest BCUT2D eigenvalue weighted by Crippen LogP contribution is -2.60. The third-order valence-corrected chi connectivity index (χ3v) is 10.9. The molecule has 0 radical (unpaired) electrons. The van der Waals surface area contributed by atoms with Gasteiger partial charge in [0.15, 0.2) is 11.9 Å². The van der Waals surface area contributed by atoms with Gasteiger partial charge in [0.05, 0.1) is 6.04 Å². The lowest BCUT2D eigenvalue weighted by molar-refractivity contribution is -0.136. The Kier molecular flexibility index (Phi) is 25.4. The number of hydrogen-bond acceptors (Lipinski definition) is 11. The van der Waals surface area contributed by atoms with Crippen LogP contribution in [0.2, 0.25) is 5.02 Å². The molecule has 1 aliphatic rings. The molecule has 2 rings (SSSR count). The number of nitrogens with two attached hydrogens (primary N) is 6. The summed E-state index contributed by atoms with van der Waals surface area (Å²) in [6.45, 7) is 8.44. The van der Waals surface area contributed by atoms with E-state index in [-0.39, 0.29) is 87.7 Å². The number of unbranched alkanes of at least 4 members (excludes halogenated alkanes) is 1. The van der Waals surface area contributed by atoms with Crippen LogP contribution in [0.3, 0.4) is 0 Å². The molecule has 1 heterocycles. The molecule has 0 spiro atoms. The minimum absolute atomic E-state index is 0.00125. The molecule has 7 atom stereocenters. The van der Waals surface area contributed by atoms with E-state index in [1.165, 1.54) is 0 Å².